The molecule has 0 amide bonds. The molecule has 0 aliphatic rings. The predicted octanol–water partition coefficient (Wildman–Crippen LogP) is 2.08. The Morgan fingerprint density at radius 3 is 2.43 bits per heavy atom. The minimum Gasteiger partial charge on any atom is -0.506 e. The lowest BCUT2D eigenvalue weighted by Gasteiger charge is -2.17. The van der Waals surface area contributed by atoms with Crippen LogP contribution in [-0.4, -0.2) is 16.3 Å². The molecule has 1 aromatic rings. The van der Waals surface area contributed by atoms with Crippen molar-refractivity contribution in [1.29, 1.82) is 0 Å². The lowest BCUT2D eigenvalue weighted by atomic mass is 10.0. The molecule has 4 N–H and O–H groups in total. The van der Waals surface area contributed by atoms with E-state index in [4.69, 9.17) is 28.9 Å². The van der Waals surface area contributed by atoms with E-state index in [2.05, 4.69) is 0 Å². The van der Waals surface area contributed by atoms with Gasteiger partial charge in [0.05, 0.1) is 17.2 Å². The Bertz CT molecular complexity index is 342. The Morgan fingerprint density at radius 1 is 1.36 bits per heavy atom. The molecule has 3 nitrogen and oxygen atoms in total. The molecular formula is C9H11Cl2NO2. The molecule has 0 aliphatic carbocycles. The zero-order valence-electron chi connectivity index (χ0n) is 7.54. The molecule has 1 rings (SSSR count). The first-order chi connectivity index (χ1) is 6.45. The molecule has 78 valence electrons. The fraction of sp³-hybridized carbons (Fsp3) is 0.333. The number of halogens is 2. The maximum absolute atomic E-state index is 9.59. The fourth-order valence-corrected chi connectivity index (χ4v) is 1.41. The minimum atomic E-state index is -0.766. The van der Waals surface area contributed by atoms with E-state index in [0.29, 0.717) is 5.56 Å². The van der Waals surface area contributed by atoms with E-state index in [9.17, 15) is 10.2 Å². The van der Waals surface area contributed by atoms with Gasteiger partial charge in [0.25, 0.3) is 0 Å². The van der Waals surface area contributed by atoms with Crippen LogP contribution in [0.15, 0.2) is 12.1 Å². The van der Waals surface area contributed by atoms with Crippen LogP contribution in [0.1, 0.15) is 18.5 Å². The third kappa shape index (κ3) is 2.12. The van der Waals surface area contributed by atoms with Gasteiger partial charge in [0, 0.05) is 5.56 Å². The van der Waals surface area contributed by atoms with Gasteiger partial charge in [0.2, 0.25) is 0 Å². The second-order valence-corrected chi connectivity index (χ2v) is 3.85. The Hall–Kier alpha value is -0.480. The highest BCUT2D eigenvalue weighted by Crippen LogP contribution is 2.36. The number of aliphatic hydroxyl groups is 1. The number of aliphatic hydroxyl groups excluding tert-OH is 1. The molecule has 1 unspecified atom stereocenters. The summed E-state index contributed by atoms with van der Waals surface area (Å²) in [5.74, 6) is -0.174. The van der Waals surface area contributed by atoms with Gasteiger partial charge >= 0.3 is 0 Å². The van der Waals surface area contributed by atoms with Gasteiger partial charge in [0.1, 0.15) is 10.8 Å². The number of hydrogen-bond acceptors (Lipinski definition) is 3. The van der Waals surface area contributed by atoms with E-state index in [1.807, 2.05) is 0 Å². The lowest BCUT2D eigenvalue weighted by Crippen LogP contribution is -2.23. The van der Waals surface area contributed by atoms with Crippen molar-refractivity contribution in [3.05, 3.63) is 27.7 Å². The molecule has 0 aromatic heterocycles. The summed E-state index contributed by atoms with van der Waals surface area (Å²) in [6.07, 6.45) is -0.766. The molecule has 14 heavy (non-hydrogen) atoms. The van der Waals surface area contributed by atoms with Gasteiger partial charge in [-0.1, -0.05) is 29.3 Å². The number of rotatable bonds is 2. The Kier molecular flexibility index (Phi) is 3.61. The Morgan fingerprint density at radius 2 is 1.93 bits per heavy atom. The number of aromatic hydroxyl groups is 1. The lowest BCUT2D eigenvalue weighted by molar-refractivity contribution is 0.163. The molecule has 2 atom stereocenters. The zero-order valence-corrected chi connectivity index (χ0v) is 9.05. The normalized spacial score (nSPS) is 15.2. The summed E-state index contributed by atoms with van der Waals surface area (Å²) in [6, 6.07) is 2.40. The predicted molar refractivity (Wildman–Crippen MR) is 56.7 cm³/mol. The standard InChI is InChI=1S/C9H11Cl2NO2/c1-4(13)8(12)5-2-3-6(10)7(11)9(5)14/h2-4,8,13-14H,12H2,1H3/t4?,8-/m0/s1. The second kappa shape index (κ2) is 4.36. The average molecular weight is 236 g/mol. The summed E-state index contributed by atoms with van der Waals surface area (Å²) >= 11 is 11.4. The molecular weight excluding hydrogens is 225 g/mol. The SMILES string of the molecule is CC(O)[C@H](N)c1ccc(Cl)c(Cl)c1O. The van der Waals surface area contributed by atoms with Crippen LogP contribution in [0.25, 0.3) is 0 Å². The van der Waals surface area contributed by atoms with Crippen LogP contribution in [0, 0.1) is 0 Å². The van der Waals surface area contributed by atoms with Crippen molar-refractivity contribution in [1.82, 2.24) is 0 Å². The maximum atomic E-state index is 9.59. The second-order valence-electron chi connectivity index (χ2n) is 3.07. The van der Waals surface area contributed by atoms with Crippen molar-refractivity contribution in [3.63, 3.8) is 0 Å². The molecule has 0 saturated carbocycles. The van der Waals surface area contributed by atoms with Crippen molar-refractivity contribution < 1.29 is 10.2 Å². The van der Waals surface area contributed by atoms with Gasteiger partial charge in [-0.3, -0.25) is 0 Å². The summed E-state index contributed by atoms with van der Waals surface area (Å²) in [4.78, 5) is 0. The van der Waals surface area contributed by atoms with Crippen LogP contribution in [0.4, 0.5) is 0 Å². The maximum Gasteiger partial charge on any atom is 0.140 e. The first kappa shape index (κ1) is 11.6. The molecule has 0 saturated heterocycles. The van der Waals surface area contributed by atoms with E-state index in [1.165, 1.54) is 13.0 Å². The first-order valence-electron chi connectivity index (χ1n) is 4.05. The molecule has 0 heterocycles. The van der Waals surface area contributed by atoms with Gasteiger partial charge in [-0.05, 0) is 13.0 Å². The van der Waals surface area contributed by atoms with Gasteiger partial charge < -0.3 is 15.9 Å². The van der Waals surface area contributed by atoms with Crippen molar-refractivity contribution in [2.45, 2.75) is 19.1 Å². The monoisotopic (exact) mass is 235 g/mol. The average Bonchev–Trinajstić information content (AvgIpc) is 2.13. The quantitative estimate of drug-likeness (QED) is 0.736. The molecule has 0 bridgehead atoms. The van der Waals surface area contributed by atoms with Gasteiger partial charge in [0.15, 0.2) is 0 Å². The first-order valence-corrected chi connectivity index (χ1v) is 4.81. The minimum absolute atomic E-state index is 0.0558. The highest BCUT2D eigenvalue weighted by Gasteiger charge is 2.18. The number of nitrogens with two attached hydrogens (primary N) is 1. The van der Waals surface area contributed by atoms with Gasteiger partial charge in [-0.2, -0.15) is 0 Å². The summed E-state index contributed by atoms with van der Waals surface area (Å²) in [5, 5.41) is 19.1. The Labute approximate surface area is 92.1 Å². The van der Waals surface area contributed by atoms with E-state index in [0.717, 1.165) is 0 Å². The van der Waals surface area contributed by atoms with Crippen LogP contribution in [0.2, 0.25) is 10.0 Å². The molecule has 1 aromatic carbocycles. The highest BCUT2D eigenvalue weighted by atomic mass is 35.5. The topological polar surface area (TPSA) is 66.5 Å². The molecule has 0 radical (unpaired) electrons. The van der Waals surface area contributed by atoms with Crippen LogP contribution >= 0.6 is 23.2 Å². The fourth-order valence-electron chi connectivity index (χ4n) is 1.08. The van der Waals surface area contributed by atoms with Crippen LogP contribution in [0.5, 0.6) is 5.75 Å². The van der Waals surface area contributed by atoms with Crippen LogP contribution in [-0.2, 0) is 0 Å². The summed E-state index contributed by atoms with van der Waals surface area (Å²) in [5.41, 5.74) is 6.03. The third-order valence-electron chi connectivity index (χ3n) is 1.98. The number of hydrogen-bond donors (Lipinski definition) is 3. The molecule has 0 spiro atoms. The van der Waals surface area contributed by atoms with Crippen molar-refractivity contribution in [2.75, 3.05) is 0 Å². The van der Waals surface area contributed by atoms with E-state index in [1.54, 1.807) is 6.07 Å². The van der Waals surface area contributed by atoms with Crippen LogP contribution < -0.4 is 5.73 Å². The van der Waals surface area contributed by atoms with Crippen LogP contribution in [0.3, 0.4) is 0 Å². The van der Waals surface area contributed by atoms with Crippen molar-refractivity contribution in [2.24, 2.45) is 5.73 Å². The third-order valence-corrected chi connectivity index (χ3v) is 2.77. The number of phenolic OH excluding ortho intramolecular Hbond substituents is 1. The smallest absolute Gasteiger partial charge is 0.140 e. The number of phenols is 1. The molecule has 5 heteroatoms. The summed E-state index contributed by atoms with van der Waals surface area (Å²) in [7, 11) is 0. The van der Waals surface area contributed by atoms with Gasteiger partial charge in [-0.15, -0.1) is 0 Å². The highest BCUT2D eigenvalue weighted by molar-refractivity contribution is 6.43. The number of benzene rings is 1. The van der Waals surface area contributed by atoms with Gasteiger partial charge in [-0.25, -0.2) is 0 Å². The van der Waals surface area contributed by atoms with Crippen molar-refractivity contribution >= 4 is 23.2 Å². The summed E-state index contributed by atoms with van der Waals surface area (Å²) in [6.45, 7) is 1.53. The summed E-state index contributed by atoms with van der Waals surface area (Å²) < 4.78 is 0. The molecule has 0 aliphatic heterocycles. The molecule has 0 fully saturated rings. The van der Waals surface area contributed by atoms with E-state index >= 15 is 0 Å². The zero-order chi connectivity index (χ0) is 10.9. The Balaban J connectivity index is 3.17. The van der Waals surface area contributed by atoms with E-state index < -0.39 is 12.1 Å². The van der Waals surface area contributed by atoms with E-state index in [-0.39, 0.29) is 15.8 Å². The largest absolute Gasteiger partial charge is 0.506 e. The van der Waals surface area contributed by atoms with Crippen molar-refractivity contribution in [3.8, 4) is 5.75 Å².